The molecule has 1 aromatic heterocycles. The standard InChI is InChI=1S/C16H21N3O3/c1-18-4-6-19(7-5-18)16(20)13-8-11-9-14(21-2)15(22-3)10-12(11)17-13/h8-10,17H,4-7H2,1-3H3/p+1. The molecular weight excluding hydrogens is 282 g/mol. The lowest BCUT2D eigenvalue weighted by Gasteiger charge is -2.29. The van der Waals surface area contributed by atoms with Gasteiger partial charge >= 0.3 is 0 Å². The maximum absolute atomic E-state index is 12.6. The molecule has 22 heavy (non-hydrogen) atoms. The van der Waals surface area contributed by atoms with E-state index >= 15 is 0 Å². The van der Waals surface area contributed by atoms with Crippen LogP contribution < -0.4 is 14.4 Å². The molecule has 1 fully saturated rings. The molecule has 0 radical (unpaired) electrons. The molecule has 1 aliphatic heterocycles. The van der Waals surface area contributed by atoms with Crippen molar-refractivity contribution in [3.8, 4) is 11.5 Å². The first kappa shape index (κ1) is 14.7. The Morgan fingerprint density at radius 1 is 1.14 bits per heavy atom. The lowest BCUT2D eigenvalue weighted by molar-refractivity contribution is -0.883. The fourth-order valence-corrected chi connectivity index (χ4v) is 2.84. The molecule has 2 heterocycles. The number of quaternary nitrogens is 1. The van der Waals surface area contributed by atoms with Crippen molar-refractivity contribution < 1.29 is 19.2 Å². The first-order valence-electron chi connectivity index (χ1n) is 7.47. The van der Waals surface area contributed by atoms with Crippen molar-refractivity contribution >= 4 is 16.8 Å². The topological polar surface area (TPSA) is 59.0 Å². The minimum absolute atomic E-state index is 0.0571. The highest BCUT2D eigenvalue weighted by molar-refractivity contribution is 5.98. The fourth-order valence-electron chi connectivity index (χ4n) is 2.84. The van der Waals surface area contributed by atoms with E-state index in [9.17, 15) is 4.79 Å². The minimum Gasteiger partial charge on any atom is -0.493 e. The van der Waals surface area contributed by atoms with E-state index < -0.39 is 0 Å². The lowest BCUT2D eigenvalue weighted by atomic mass is 10.2. The minimum atomic E-state index is 0.0571. The van der Waals surface area contributed by atoms with Gasteiger partial charge in [0.05, 0.1) is 47.4 Å². The molecule has 0 atom stereocenters. The maximum atomic E-state index is 12.6. The second-order valence-corrected chi connectivity index (χ2v) is 5.73. The van der Waals surface area contributed by atoms with E-state index in [0.717, 1.165) is 37.1 Å². The first-order chi connectivity index (χ1) is 10.6. The molecule has 1 aliphatic rings. The molecule has 3 rings (SSSR count). The fraction of sp³-hybridized carbons (Fsp3) is 0.438. The zero-order chi connectivity index (χ0) is 15.7. The Labute approximate surface area is 129 Å². The Hall–Kier alpha value is -2.21. The van der Waals surface area contributed by atoms with Crippen LogP contribution in [-0.4, -0.2) is 63.2 Å². The molecule has 6 heteroatoms. The number of carbonyl (C=O) groups is 1. The number of aromatic amines is 1. The zero-order valence-corrected chi connectivity index (χ0v) is 13.2. The van der Waals surface area contributed by atoms with Crippen LogP contribution in [0.25, 0.3) is 10.9 Å². The molecule has 0 aliphatic carbocycles. The Balaban J connectivity index is 1.89. The van der Waals surface area contributed by atoms with Crippen LogP contribution in [0.1, 0.15) is 10.5 Å². The van der Waals surface area contributed by atoms with E-state index in [2.05, 4.69) is 12.0 Å². The predicted octanol–water partition coefficient (Wildman–Crippen LogP) is 0.156. The number of hydrogen-bond acceptors (Lipinski definition) is 3. The number of rotatable bonds is 3. The van der Waals surface area contributed by atoms with E-state index in [1.165, 1.54) is 4.90 Å². The van der Waals surface area contributed by atoms with Crippen LogP contribution in [0, 0.1) is 0 Å². The summed E-state index contributed by atoms with van der Waals surface area (Å²) in [6, 6.07) is 5.62. The van der Waals surface area contributed by atoms with Gasteiger partial charge in [-0.05, 0) is 12.1 Å². The van der Waals surface area contributed by atoms with Crippen LogP contribution in [0.3, 0.4) is 0 Å². The number of carbonyl (C=O) groups excluding carboxylic acids is 1. The van der Waals surface area contributed by atoms with Gasteiger partial charge in [-0.1, -0.05) is 0 Å². The highest BCUT2D eigenvalue weighted by Gasteiger charge is 2.23. The van der Waals surface area contributed by atoms with Crippen LogP contribution in [0.2, 0.25) is 0 Å². The van der Waals surface area contributed by atoms with E-state index in [0.29, 0.717) is 17.2 Å². The summed E-state index contributed by atoms with van der Waals surface area (Å²) in [5, 5.41) is 0.945. The van der Waals surface area contributed by atoms with Gasteiger partial charge in [0.25, 0.3) is 5.91 Å². The van der Waals surface area contributed by atoms with Crippen molar-refractivity contribution in [3.63, 3.8) is 0 Å². The van der Waals surface area contributed by atoms with Gasteiger partial charge in [0.15, 0.2) is 11.5 Å². The van der Waals surface area contributed by atoms with Crippen molar-refractivity contribution in [2.24, 2.45) is 0 Å². The Morgan fingerprint density at radius 3 is 2.41 bits per heavy atom. The van der Waals surface area contributed by atoms with Gasteiger partial charge in [-0.25, -0.2) is 0 Å². The third kappa shape index (κ3) is 2.62. The molecule has 0 bridgehead atoms. The summed E-state index contributed by atoms with van der Waals surface area (Å²) >= 11 is 0. The number of fused-ring (bicyclic) bond motifs is 1. The highest BCUT2D eigenvalue weighted by Crippen LogP contribution is 2.32. The summed E-state index contributed by atoms with van der Waals surface area (Å²) in [4.78, 5) is 19.2. The molecule has 1 aromatic carbocycles. The third-order valence-corrected chi connectivity index (χ3v) is 4.26. The Kier molecular flexibility index (Phi) is 3.94. The van der Waals surface area contributed by atoms with Gasteiger partial charge < -0.3 is 24.3 Å². The number of methoxy groups -OCH3 is 2. The average molecular weight is 304 g/mol. The van der Waals surface area contributed by atoms with Gasteiger partial charge in [0.2, 0.25) is 0 Å². The highest BCUT2D eigenvalue weighted by atomic mass is 16.5. The molecular formula is C16H22N3O3+. The monoisotopic (exact) mass is 304 g/mol. The second-order valence-electron chi connectivity index (χ2n) is 5.73. The van der Waals surface area contributed by atoms with Crippen LogP contribution in [0.5, 0.6) is 11.5 Å². The number of ether oxygens (including phenoxy) is 2. The smallest absolute Gasteiger partial charge is 0.270 e. The van der Waals surface area contributed by atoms with Gasteiger partial charge in [0, 0.05) is 17.0 Å². The van der Waals surface area contributed by atoms with Crippen LogP contribution in [0.15, 0.2) is 18.2 Å². The first-order valence-corrected chi connectivity index (χ1v) is 7.47. The van der Waals surface area contributed by atoms with E-state index in [4.69, 9.17) is 9.47 Å². The van der Waals surface area contributed by atoms with Crippen molar-refractivity contribution in [2.45, 2.75) is 0 Å². The summed E-state index contributed by atoms with van der Waals surface area (Å²) in [5.41, 5.74) is 1.49. The number of nitrogens with zero attached hydrogens (tertiary/aromatic N) is 1. The zero-order valence-electron chi connectivity index (χ0n) is 13.2. The number of piperazine rings is 1. The van der Waals surface area contributed by atoms with Crippen LogP contribution in [0.4, 0.5) is 0 Å². The van der Waals surface area contributed by atoms with Crippen molar-refractivity contribution in [2.75, 3.05) is 47.4 Å². The molecule has 0 saturated carbocycles. The number of amides is 1. The summed E-state index contributed by atoms with van der Waals surface area (Å²) in [6.45, 7) is 3.58. The van der Waals surface area contributed by atoms with Gasteiger partial charge in [0.1, 0.15) is 5.69 Å². The van der Waals surface area contributed by atoms with Gasteiger partial charge in [-0.2, -0.15) is 0 Å². The van der Waals surface area contributed by atoms with E-state index in [-0.39, 0.29) is 5.91 Å². The normalized spacial score (nSPS) is 16.0. The van der Waals surface area contributed by atoms with Crippen molar-refractivity contribution in [1.29, 1.82) is 0 Å². The average Bonchev–Trinajstić information content (AvgIpc) is 2.96. The summed E-state index contributed by atoms with van der Waals surface area (Å²) in [6.07, 6.45) is 0. The largest absolute Gasteiger partial charge is 0.493 e. The van der Waals surface area contributed by atoms with Gasteiger partial charge in [-0.3, -0.25) is 4.79 Å². The molecule has 2 N–H and O–H groups in total. The molecule has 118 valence electrons. The Bertz CT molecular complexity index is 646. The predicted molar refractivity (Wildman–Crippen MR) is 83.9 cm³/mol. The van der Waals surface area contributed by atoms with Crippen molar-refractivity contribution in [3.05, 3.63) is 23.9 Å². The number of likely N-dealkylation sites (N-methyl/N-ethyl adjacent to an activating group) is 1. The van der Waals surface area contributed by atoms with Crippen LogP contribution >= 0.6 is 0 Å². The number of aromatic nitrogens is 1. The number of H-pyrrole nitrogens is 1. The number of hydrogen-bond donors (Lipinski definition) is 2. The third-order valence-electron chi connectivity index (χ3n) is 4.26. The van der Waals surface area contributed by atoms with E-state index in [1.807, 2.05) is 23.1 Å². The summed E-state index contributed by atoms with van der Waals surface area (Å²) < 4.78 is 10.6. The Morgan fingerprint density at radius 2 is 1.77 bits per heavy atom. The molecule has 1 amide bonds. The molecule has 1 saturated heterocycles. The second kappa shape index (κ2) is 5.88. The van der Waals surface area contributed by atoms with Crippen molar-refractivity contribution in [1.82, 2.24) is 9.88 Å². The molecule has 0 spiro atoms. The van der Waals surface area contributed by atoms with Gasteiger partial charge in [-0.15, -0.1) is 0 Å². The number of benzene rings is 1. The summed E-state index contributed by atoms with van der Waals surface area (Å²) in [5.74, 6) is 1.37. The van der Waals surface area contributed by atoms with E-state index in [1.54, 1.807) is 14.2 Å². The lowest BCUT2D eigenvalue weighted by Crippen LogP contribution is -3.12. The summed E-state index contributed by atoms with van der Waals surface area (Å²) in [7, 11) is 5.36. The SMILES string of the molecule is COc1cc2cc(C(=O)N3CC[NH+](C)CC3)[nH]c2cc1OC. The van der Waals surface area contributed by atoms with Crippen LogP contribution in [-0.2, 0) is 0 Å². The number of nitrogens with one attached hydrogen (secondary N) is 2. The quantitative estimate of drug-likeness (QED) is 0.849. The molecule has 0 unspecified atom stereocenters. The maximum Gasteiger partial charge on any atom is 0.270 e. The molecule has 6 nitrogen and oxygen atoms in total. The molecule has 2 aromatic rings.